The first-order valence-corrected chi connectivity index (χ1v) is 8.58. The van der Waals surface area contributed by atoms with Gasteiger partial charge in [-0.05, 0) is 62.2 Å². The first-order chi connectivity index (χ1) is 13.0. The highest BCUT2D eigenvalue weighted by atomic mass is 16.5. The minimum atomic E-state index is -0.325. The Balaban J connectivity index is 1.75. The Labute approximate surface area is 158 Å². The maximum Gasteiger partial charge on any atom is 0.278 e. The highest BCUT2D eigenvalue weighted by Gasteiger charge is 2.21. The molecule has 0 aliphatic heterocycles. The zero-order valence-electron chi connectivity index (χ0n) is 15.8. The summed E-state index contributed by atoms with van der Waals surface area (Å²) in [5.74, 6) is 1.64. The van der Waals surface area contributed by atoms with Crippen LogP contribution in [0.1, 0.15) is 32.9 Å². The Morgan fingerprint density at radius 2 is 1.78 bits per heavy atom. The van der Waals surface area contributed by atoms with Gasteiger partial charge in [0.15, 0.2) is 5.69 Å². The average Bonchev–Trinajstić information content (AvgIpc) is 3.04. The van der Waals surface area contributed by atoms with Crippen molar-refractivity contribution in [3.05, 3.63) is 70.6 Å². The molecule has 0 aliphatic carbocycles. The number of ether oxygens (including phenoxy) is 2. The first-order valence-electron chi connectivity index (χ1n) is 8.58. The monoisotopic (exact) mass is 366 g/mol. The smallest absolute Gasteiger partial charge is 0.278 e. The molecule has 0 fully saturated rings. The second-order valence-corrected chi connectivity index (χ2v) is 6.30. The zero-order valence-corrected chi connectivity index (χ0v) is 15.8. The summed E-state index contributed by atoms with van der Waals surface area (Å²) >= 11 is 0. The summed E-state index contributed by atoms with van der Waals surface area (Å²) in [5.41, 5.74) is 3.64. The minimum Gasteiger partial charge on any atom is -0.497 e. The van der Waals surface area contributed by atoms with Crippen molar-refractivity contribution in [2.75, 3.05) is 12.4 Å². The van der Waals surface area contributed by atoms with Crippen molar-refractivity contribution in [1.29, 1.82) is 0 Å². The fourth-order valence-electron chi connectivity index (χ4n) is 2.62. The summed E-state index contributed by atoms with van der Waals surface area (Å²) in [4.78, 5) is 12.7. The predicted molar refractivity (Wildman–Crippen MR) is 102 cm³/mol. The molecular formula is C21H22N2O4. The van der Waals surface area contributed by atoms with Crippen LogP contribution in [0.25, 0.3) is 0 Å². The highest BCUT2D eigenvalue weighted by molar-refractivity contribution is 6.04. The second kappa shape index (κ2) is 7.95. The molecule has 0 atom stereocenters. The molecule has 6 heteroatoms. The molecule has 0 aliphatic rings. The number of benzene rings is 2. The fourth-order valence-corrected chi connectivity index (χ4v) is 2.62. The number of aryl methyl sites for hydroxylation is 3. The van der Waals surface area contributed by atoms with Crippen LogP contribution in [-0.4, -0.2) is 18.2 Å². The molecule has 3 aromatic rings. The van der Waals surface area contributed by atoms with Crippen LogP contribution in [0, 0.1) is 20.8 Å². The van der Waals surface area contributed by atoms with Crippen molar-refractivity contribution in [3.63, 3.8) is 0 Å². The van der Waals surface area contributed by atoms with Gasteiger partial charge in [0.05, 0.1) is 12.7 Å². The van der Waals surface area contributed by atoms with Gasteiger partial charge in [0.25, 0.3) is 5.91 Å². The van der Waals surface area contributed by atoms with Crippen LogP contribution in [-0.2, 0) is 6.61 Å². The van der Waals surface area contributed by atoms with Crippen LogP contribution >= 0.6 is 0 Å². The maximum atomic E-state index is 12.7. The van der Waals surface area contributed by atoms with Crippen LogP contribution in [0.15, 0.2) is 47.0 Å². The van der Waals surface area contributed by atoms with E-state index in [1.54, 1.807) is 26.2 Å². The molecule has 1 aromatic heterocycles. The lowest BCUT2D eigenvalue weighted by molar-refractivity contribution is 0.101. The Morgan fingerprint density at radius 1 is 1.07 bits per heavy atom. The molecule has 27 heavy (non-hydrogen) atoms. The third-order valence-electron chi connectivity index (χ3n) is 4.28. The van der Waals surface area contributed by atoms with E-state index in [9.17, 15) is 4.79 Å². The number of aromatic nitrogens is 1. The van der Waals surface area contributed by atoms with E-state index >= 15 is 0 Å². The Hall–Kier alpha value is -3.28. The lowest BCUT2D eigenvalue weighted by Gasteiger charge is -2.10. The van der Waals surface area contributed by atoms with Crippen LogP contribution in [0.2, 0.25) is 0 Å². The van der Waals surface area contributed by atoms with Gasteiger partial charge in [-0.15, -0.1) is 0 Å². The maximum absolute atomic E-state index is 12.7. The summed E-state index contributed by atoms with van der Waals surface area (Å²) in [6, 6.07) is 13.1. The van der Waals surface area contributed by atoms with E-state index in [1.165, 1.54) is 0 Å². The number of amides is 1. The van der Waals surface area contributed by atoms with Gasteiger partial charge in [-0.1, -0.05) is 17.3 Å². The molecule has 1 amide bonds. The third-order valence-corrected chi connectivity index (χ3v) is 4.28. The van der Waals surface area contributed by atoms with E-state index < -0.39 is 0 Å². The van der Waals surface area contributed by atoms with Gasteiger partial charge in [0, 0.05) is 5.69 Å². The summed E-state index contributed by atoms with van der Waals surface area (Å²) in [6.45, 7) is 5.85. The lowest BCUT2D eigenvalue weighted by Crippen LogP contribution is -2.16. The Morgan fingerprint density at radius 3 is 2.48 bits per heavy atom. The topological polar surface area (TPSA) is 73.6 Å². The molecule has 0 bridgehead atoms. The molecule has 6 nitrogen and oxygen atoms in total. The molecule has 1 heterocycles. The standard InChI is InChI=1S/C21H22N2O4/c1-13-5-6-14(2)19(11-13)22-21(24)20-18(15(3)27-23-20)12-26-17-9-7-16(25-4)8-10-17/h5-11H,12H2,1-4H3,(H,22,24). The van der Waals surface area contributed by atoms with Gasteiger partial charge >= 0.3 is 0 Å². The van der Waals surface area contributed by atoms with E-state index in [0.29, 0.717) is 17.1 Å². The van der Waals surface area contributed by atoms with Gasteiger partial charge in [0.2, 0.25) is 0 Å². The van der Waals surface area contributed by atoms with Gasteiger partial charge in [-0.3, -0.25) is 4.79 Å². The molecule has 0 radical (unpaired) electrons. The second-order valence-electron chi connectivity index (χ2n) is 6.30. The summed E-state index contributed by atoms with van der Waals surface area (Å²) in [7, 11) is 1.61. The van der Waals surface area contributed by atoms with Gasteiger partial charge < -0.3 is 19.3 Å². The molecule has 3 rings (SSSR count). The van der Waals surface area contributed by atoms with Gasteiger partial charge in [-0.2, -0.15) is 0 Å². The number of hydrogen-bond donors (Lipinski definition) is 1. The van der Waals surface area contributed by atoms with Crippen molar-refractivity contribution >= 4 is 11.6 Å². The van der Waals surface area contributed by atoms with Crippen molar-refractivity contribution < 1.29 is 18.8 Å². The number of carbonyl (C=O) groups excluding carboxylic acids is 1. The third kappa shape index (κ3) is 4.28. The predicted octanol–water partition coefficient (Wildman–Crippen LogP) is 4.44. The van der Waals surface area contributed by atoms with Crippen molar-refractivity contribution in [3.8, 4) is 11.5 Å². The average molecular weight is 366 g/mol. The summed E-state index contributed by atoms with van der Waals surface area (Å²) in [5, 5.41) is 6.82. The summed E-state index contributed by atoms with van der Waals surface area (Å²) < 4.78 is 16.1. The molecule has 2 aromatic carbocycles. The van der Waals surface area contributed by atoms with Crippen LogP contribution in [0.3, 0.4) is 0 Å². The Bertz CT molecular complexity index is 945. The number of anilines is 1. The largest absolute Gasteiger partial charge is 0.497 e. The number of nitrogens with one attached hydrogen (secondary N) is 1. The quantitative estimate of drug-likeness (QED) is 0.698. The number of rotatable bonds is 6. The van der Waals surface area contributed by atoms with Gasteiger partial charge in [-0.25, -0.2) is 0 Å². The number of nitrogens with zero attached hydrogens (tertiary/aromatic N) is 1. The van der Waals surface area contributed by atoms with Crippen molar-refractivity contribution in [2.45, 2.75) is 27.4 Å². The first kappa shape index (κ1) is 18.5. The van der Waals surface area contributed by atoms with E-state index in [0.717, 1.165) is 22.6 Å². The molecule has 0 spiro atoms. The molecule has 0 saturated carbocycles. The van der Waals surface area contributed by atoms with E-state index in [1.807, 2.05) is 44.2 Å². The lowest BCUT2D eigenvalue weighted by atomic mass is 10.1. The van der Waals surface area contributed by atoms with Crippen molar-refractivity contribution in [1.82, 2.24) is 5.16 Å². The highest BCUT2D eigenvalue weighted by Crippen LogP contribution is 2.22. The van der Waals surface area contributed by atoms with E-state index in [2.05, 4.69) is 10.5 Å². The molecule has 0 unspecified atom stereocenters. The minimum absolute atomic E-state index is 0.178. The van der Waals surface area contributed by atoms with E-state index in [4.69, 9.17) is 14.0 Å². The molecule has 0 saturated heterocycles. The van der Waals surface area contributed by atoms with Crippen LogP contribution in [0.5, 0.6) is 11.5 Å². The van der Waals surface area contributed by atoms with Crippen LogP contribution in [0.4, 0.5) is 5.69 Å². The number of hydrogen-bond acceptors (Lipinski definition) is 5. The van der Waals surface area contributed by atoms with Gasteiger partial charge in [0.1, 0.15) is 23.9 Å². The number of methoxy groups -OCH3 is 1. The molecule has 140 valence electrons. The Kier molecular flexibility index (Phi) is 5.45. The summed E-state index contributed by atoms with van der Waals surface area (Å²) in [6.07, 6.45) is 0. The van der Waals surface area contributed by atoms with Crippen molar-refractivity contribution in [2.24, 2.45) is 0 Å². The zero-order chi connectivity index (χ0) is 19.4. The molecule has 1 N–H and O–H groups in total. The fraction of sp³-hybridized carbons (Fsp3) is 0.238. The van der Waals surface area contributed by atoms with Crippen LogP contribution < -0.4 is 14.8 Å². The normalized spacial score (nSPS) is 10.5. The molecular weight excluding hydrogens is 344 g/mol. The SMILES string of the molecule is COc1ccc(OCc2c(C(=O)Nc3cc(C)ccc3C)noc2C)cc1. The van der Waals surface area contributed by atoms with E-state index in [-0.39, 0.29) is 18.2 Å². The number of carbonyl (C=O) groups is 1.